The molecule has 0 saturated heterocycles. The van der Waals surface area contributed by atoms with Gasteiger partial charge in [-0.3, -0.25) is 0 Å². The quantitative estimate of drug-likeness (QED) is 0.668. The highest BCUT2D eigenvalue weighted by atomic mass is 16.5. The highest BCUT2D eigenvalue weighted by Crippen LogP contribution is 2.04. The van der Waals surface area contributed by atoms with Crippen LogP contribution >= 0.6 is 0 Å². The summed E-state index contributed by atoms with van der Waals surface area (Å²) in [5, 5.41) is 0. The molecule has 2 rings (SSSR count). The van der Waals surface area contributed by atoms with Gasteiger partial charge >= 0.3 is 0 Å². The van der Waals surface area contributed by atoms with Crippen LogP contribution in [0.4, 0.5) is 0 Å². The fourth-order valence-electron chi connectivity index (χ4n) is 1.83. The molecule has 0 spiro atoms. The van der Waals surface area contributed by atoms with Crippen molar-refractivity contribution in [2.24, 2.45) is 0 Å². The largest absolute Gasteiger partial charge is 0.385 e. The van der Waals surface area contributed by atoms with Crippen LogP contribution in [0, 0.1) is 13.8 Å². The number of aryl methyl sites for hydroxylation is 2. The van der Waals surface area contributed by atoms with E-state index in [-0.39, 0.29) is 7.43 Å². The van der Waals surface area contributed by atoms with Crippen LogP contribution in [0.2, 0.25) is 0 Å². The van der Waals surface area contributed by atoms with E-state index in [2.05, 4.69) is 67.1 Å². The third kappa shape index (κ3) is 14.6. The third-order valence-corrected chi connectivity index (χ3v) is 3.44. The Morgan fingerprint density at radius 2 is 1.08 bits per heavy atom. The van der Waals surface area contributed by atoms with Gasteiger partial charge in [-0.15, -0.1) is 0 Å². The highest BCUT2D eigenvalue weighted by molar-refractivity contribution is 5.21. The van der Waals surface area contributed by atoms with Gasteiger partial charge in [0.05, 0.1) is 13.2 Å². The smallest absolute Gasteiger partial charge is 0.0713 e. The molecule has 148 valence electrons. The summed E-state index contributed by atoms with van der Waals surface area (Å²) in [6, 6.07) is 16.9. The van der Waals surface area contributed by atoms with Gasteiger partial charge in [0, 0.05) is 27.9 Å². The number of methoxy groups -OCH3 is 3. The summed E-state index contributed by atoms with van der Waals surface area (Å²) >= 11 is 0. The van der Waals surface area contributed by atoms with E-state index in [1.54, 1.807) is 21.3 Å². The van der Waals surface area contributed by atoms with Gasteiger partial charge < -0.3 is 14.2 Å². The average molecular weight is 363 g/mol. The van der Waals surface area contributed by atoms with Gasteiger partial charge in [0.1, 0.15) is 0 Å². The van der Waals surface area contributed by atoms with Gasteiger partial charge in [-0.05, 0) is 38.3 Å². The van der Waals surface area contributed by atoms with Crippen LogP contribution < -0.4 is 0 Å². The molecule has 0 fully saturated rings. The zero-order valence-electron chi connectivity index (χ0n) is 16.7. The van der Waals surface area contributed by atoms with Gasteiger partial charge in [0.25, 0.3) is 0 Å². The van der Waals surface area contributed by atoms with Crippen LogP contribution in [0.25, 0.3) is 0 Å². The Bertz CT molecular complexity index is 516. The molecule has 2 aromatic carbocycles. The lowest BCUT2D eigenvalue weighted by Gasteiger charge is -1.99. The van der Waals surface area contributed by atoms with Crippen molar-refractivity contribution in [1.82, 2.24) is 0 Å². The summed E-state index contributed by atoms with van der Waals surface area (Å²) in [5.74, 6) is 0. The second-order valence-electron chi connectivity index (χ2n) is 5.72. The first-order valence-corrected chi connectivity index (χ1v) is 8.65. The summed E-state index contributed by atoms with van der Waals surface area (Å²) in [4.78, 5) is 0. The standard InChI is InChI=1S/C10H14O.C9H12O.C3H8O.CH4/c1-9-3-5-10(6-4-9)7-8-11-2;1-8-3-5-9(6-4-8)7-10-2;1-3-4-2;/h3-6H,7-8H2,1-2H3;3-6H,7H2,1-2H3;3H2,1-2H3;1H4. The lowest BCUT2D eigenvalue weighted by Crippen LogP contribution is -1.93. The van der Waals surface area contributed by atoms with Gasteiger partial charge in [0.15, 0.2) is 0 Å². The van der Waals surface area contributed by atoms with Crippen molar-refractivity contribution in [3.05, 3.63) is 70.8 Å². The highest BCUT2D eigenvalue weighted by Gasteiger charge is 1.90. The first-order chi connectivity index (χ1) is 12.1. The Morgan fingerprint density at radius 3 is 1.42 bits per heavy atom. The molecule has 0 aliphatic heterocycles. The maximum atomic E-state index is 4.98. The van der Waals surface area contributed by atoms with Crippen LogP contribution in [0.15, 0.2) is 48.5 Å². The molecule has 0 aliphatic rings. The normalized spacial score (nSPS) is 9.15. The van der Waals surface area contributed by atoms with Crippen LogP contribution in [0.5, 0.6) is 0 Å². The van der Waals surface area contributed by atoms with Crippen LogP contribution in [0.1, 0.15) is 36.6 Å². The molecule has 0 atom stereocenters. The maximum Gasteiger partial charge on any atom is 0.0713 e. The molecule has 0 aliphatic carbocycles. The Morgan fingerprint density at radius 1 is 0.654 bits per heavy atom. The first kappa shape index (κ1) is 26.5. The predicted octanol–water partition coefficient (Wildman–Crippen LogP) is 5.61. The van der Waals surface area contributed by atoms with Crippen LogP contribution in [0.3, 0.4) is 0 Å². The Kier molecular flexibility index (Phi) is 18.5. The zero-order valence-corrected chi connectivity index (χ0v) is 16.7. The maximum absolute atomic E-state index is 4.98. The van der Waals surface area contributed by atoms with E-state index in [4.69, 9.17) is 9.47 Å². The molecule has 3 heteroatoms. The minimum absolute atomic E-state index is 0. The van der Waals surface area contributed by atoms with Crippen molar-refractivity contribution in [2.75, 3.05) is 34.5 Å². The number of hydrogen-bond acceptors (Lipinski definition) is 3. The van der Waals surface area contributed by atoms with Crippen molar-refractivity contribution in [2.45, 2.75) is 41.2 Å². The van der Waals surface area contributed by atoms with E-state index in [0.717, 1.165) is 19.6 Å². The Hall–Kier alpha value is -1.68. The van der Waals surface area contributed by atoms with Gasteiger partial charge in [-0.2, -0.15) is 0 Å². The Labute approximate surface area is 161 Å². The van der Waals surface area contributed by atoms with Gasteiger partial charge in [-0.25, -0.2) is 0 Å². The van der Waals surface area contributed by atoms with Crippen molar-refractivity contribution in [1.29, 1.82) is 0 Å². The summed E-state index contributed by atoms with van der Waals surface area (Å²) < 4.78 is 14.5. The van der Waals surface area contributed by atoms with Crippen molar-refractivity contribution in [3.8, 4) is 0 Å². The molecule has 0 unspecified atom stereocenters. The topological polar surface area (TPSA) is 27.7 Å². The molecule has 26 heavy (non-hydrogen) atoms. The van der Waals surface area contributed by atoms with E-state index < -0.39 is 0 Å². The average Bonchev–Trinajstić information content (AvgIpc) is 2.64. The van der Waals surface area contributed by atoms with E-state index in [0.29, 0.717) is 6.61 Å². The molecular formula is C23H38O3. The summed E-state index contributed by atoms with van der Waals surface area (Å²) in [5.41, 5.74) is 5.18. The second kappa shape index (κ2) is 18.1. The monoisotopic (exact) mass is 362 g/mol. The molecule has 0 N–H and O–H groups in total. The second-order valence-corrected chi connectivity index (χ2v) is 5.72. The summed E-state index contributed by atoms with van der Waals surface area (Å²) in [6.07, 6.45) is 1.01. The SMILES string of the molecule is C.CCOC.COCCc1ccc(C)cc1.COCc1ccc(C)cc1. The lowest BCUT2D eigenvalue weighted by molar-refractivity contribution is 0.185. The molecule has 3 nitrogen and oxygen atoms in total. The lowest BCUT2D eigenvalue weighted by atomic mass is 10.1. The fourth-order valence-corrected chi connectivity index (χ4v) is 1.83. The van der Waals surface area contributed by atoms with Crippen LogP contribution in [-0.4, -0.2) is 34.5 Å². The number of rotatable bonds is 6. The molecule has 0 saturated carbocycles. The van der Waals surface area contributed by atoms with E-state index in [1.807, 2.05) is 6.92 Å². The molecule has 0 bridgehead atoms. The molecule has 2 aromatic rings. The van der Waals surface area contributed by atoms with Crippen molar-refractivity contribution in [3.63, 3.8) is 0 Å². The first-order valence-electron chi connectivity index (χ1n) is 8.65. The minimum Gasteiger partial charge on any atom is -0.385 e. The van der Waals surface area contributed by atoms with Crippen molar-refractivity contribution < 1.29 is 14.2 Å². The van der Waals surface area contributed by atoms with E-state index in [1.165, 1.54) is 22.3 Å². The molecule has 0 heterocycles. The van der Waals surface area contributed by atoms with Gasteiger partial charge in [-0.1, -0.05) is 67.1 Å². The molecule has 0 amide bonds. The van der Waals surface area contributed by atoms with Crippen LogP contribution in [-0.2, 0) is 27.2 Å². The van der Waals surface area contributed by atoms with E-state index in [9.17, 15) is 0 Å². The third-order valence-electron chi connectivity index (χ3n) is 3.44. The van der Waals surface area contributed by atoms with Crippen molar-refractivity contribution >= 4 is 0 Å². The number of hydrogen-bond donors (Lipinski definition) is 0. The van der Waals surface area contributed by atoms with Gasteiger partial charge in [0.2, 0.25) is 0 Å². The zero-order chi connectivity index (χ0) is 18.9. The summed E-state index contributed by atoms with van der Waals surface area (Å²) in [6.45, 7) is 8.47. The molecule has 0 radical (unpaired) electrons. The number of benzene rings is 2. The molecule has 0 aromatic heterocycles. The molecular weight excluding hydrogens is 324 g/mol. The van der Waals surface area contributed by atoms with E-state index >= 15 is 0 Å². The summed E-state index contributed by atoms with van der Waals surface area (Å²) in [7, 11) is 5.12. The number of ether oxygens (including phenoxy) is 3. The fraction of sp³-hybridized carbons (Fsp3) is 0.478. The Balaban J connectivity index is 0. The minimum atomic E-state index is 0. The predicted molar refractivity (Wildman–Crippen MR) is 113 cm³/mol.